The van der Waals surface area contributed by atoms with Gasteiger partial charge in [-0.3, -0.25) is 0 Å². The van der Waals surface area contributed by atoms with E-state index in [1.807, 2.05) is 12.1 Å². The lowest BCUT2D eigenvalue weighted by atomic mass is 10.0. The summed E-state index contributed by atoms with van der Waals surface area (Å²) in [6.45, 7) is 0.809. The Morgan fingerprint density at radius 3 is 1.94 bits per heavy atom. The van der Waals surface area contributed by atoms with Crippen LogP contribution in [0.25, 0.3) is 22.4 Å². The molecule has 1 aromatic heterocycles. The highest BCUT2D eigenvalue weighted by Gasteiger charge is 2.09. The maximum absolute atomic E-state index is 13.3. The minimum absolute atomic E-state index is 0. The van der Waals surface area contributed by atoms with Crippen molar-refractivity contribution in [1.82, 2.24) is 4.57 Å². The van der Waals surface area contributed by atoms with Gasteiger partial charge in [-0.2, -0.15) is 0 Å². The van der Waals surface area contributed by atoms with E-state index in [0.29, 0.717) is 0 Å². The molecule has 2 nitrogen and oxygen atoms in total. The Labute approximate surface area is 213 Å². The Morgan fingerprint density at radius 1 is 0.676 bits per heavy atom. The molecule has 0 bridgehead atoms. The van der Waals surface area contributed by atoms with Gasteiger partial charge in [-0.1, -0.05) is 84.9 Å². The molecule has 1 heterocycles. The van der Waals surface area contributed by atoms with E-state index in [1.54, 1.807) is 23.5 Å². The van der Waals surface area contributed by atoms with Crippen LogP contribution in [0.4, 0.5) is 10.1 Å². The fourth-order valence-electron chi connectivity index (χ4n) is 3.84. The van der Waals surface area contributed by atoms with Crippen LogP contribution in [-0.2, 0) is 13.0 Å². The van der Waals surface area contributed by atoms with Crippen molar-refractivity contribution >= 4 is 34.0 Å². The third kappa shape index (κ3) is 5.61. The van der Waals surface area contributed by atoms with Crippen LogP contribution in [0.15, 0.2) is 120 Å². The highest BCUT2D eigenvalue weighted by atomic mass is 79.9. The molecule has 0 radical (unpaired) electrons. The van der Waals surface area contributed by atoms with E-state index in [9.17, 15) is 4.39 Å². The molecular formula is C29H24BrFN2S. The molecule has 0 aliphatic carbocycles. The number of aryl methyl sites for hydroxylation is 1. The second kappa shape index (κ2) is 11.2. The molecular weight excluding hydrogens is 507 g/mol. The van der Waals surface area contributed by atoms with E-state index in [2.05, 4.69) is 82.7 Å². The van der Waals surface area contributed by atoms with Gasteiger partial charge in [-0.25, -0.2) is 9.38 Å². The zero-order valence-electron chi connectivity index (χ0n) is 18.5. The minimum Gasteiger partial charge on any atom is -0.316 e. The van der Waals surface area contributed by atoms with Gasteiger partial charge in [-0.15, -0.1) is 28.3 Å². The van der Waals surface area contributed by atoms with E-state index in [4.69, 9.17) is 4.99 Å². The van der Waals surface area contributed by atoms with E-state index < -0.39 is 0 Å². The number of nitrogens with zero attached hydrogens (tertiary/aromatic N) is 2. The first kappa shape index (κ1) is 23.9. The van der Waals surface area contributed by atoms with E-state index in [1.165, 1.54) is 28.8 Å². The lowest BCUT2D eigenvalue weighted by molar-refractivity contribution is 0.628. The predicted octanol–water partition coefficient (Wildman–Crippen LogP) is 8.08. The van der Waals surface area contributed by atoms with E-state index >= 15 is 0 Å². The van der Waals surface area contributed by atoms with Crippen molar-refractivity contribution in [2.75, 3.05) is 0 Å². The van der Waals surface area contributed by atoms with Crippen LogP contribution in [0, 0.1) is 5.82 Å². The number of hydrogen-bond donors (Lipinski definition) is 0. The first-order valence-corrected chi connectivity index (χ1v) is 11.8. The van der Waals surface area contributed by atoms with Crippen LogP contribution in [0.2, 0.25) is 0 Å². The van der Waals surface area contributed by atoms with Gasteiger partial charge in [0.15, 0.2) is 4.80 Å². The van der Waals surface area contributed by atoms with Crippen LogP contribution < -0.4 is 4.80 Å². The monoisotopic (exact) mass is 530 g/mol. The number of benzene rings is 4. The van der Waals surface area contributed by atoms with Gasteiger partial charge in [0.1, 0.15) is 5.82 Å². The van der Waals surface area contributed by atoms with Gasteiger partial charge in [0.25, 0.3) is 0 Å². The lowest BCUT2D eigenvalue weighted by Gasteiger charge is -2.10. The molecule has 5 heteroatoms. The van der Waals surface area contributed by atoms with Crippen LogP contribution in [0.5, 0.6) is 0 Å². The zero-order valence-corrected chi connectivity index (χ0v) is 21.0. The number of thiazole rings is 1. The molecule has 0 unspecified atom stereocenters. The zero-order chi connectivity index (χ0) is 22.5. The fraction of sp³-hybridized carbons (Fsp3) is 0.0690. The fourth-order valence-corrected chi connectivity index (χ4v) is 4.80. The van der Waals surface area contributed by atoms with Gasteiger partial charge in [0.2, 0.25) is 0 Å². The molecule has 34 heavy (non-hydrogen) atoms. The maximum atomic E-state index is 13.3. The largest absolute Gasteiger partial charge is 0.316 e. The molecule has 0 N–H and O–H groups in total. The first-order valence-electron chi connectivity index (χ1n) is 10.9. The van der Waals surface area contributed by atoms with Crippen molar-refractivity contribution in [3.8, 4) is 22.4 Å². The number of rotatable bonds is 6. The van der Waals surface area contributed by atoms with Crippen molar-refractivity contribution in [3.05, 3.63) is 131 Å². The van der Waals surface area contributed by atoms with Gasteiger partial charge in [0.05, 0.1) is 11.4 Å². The summed E-state index contributed by atoms with van der Waals surface area (Å²) in [6, 6.07) is 35.9. The van der Waals surface area contributed by atoms with Crippen molar-refractivity contribution < 1.29 is 4.39 Å². The minimum atomic E-state index is -0.253. The quantitative estimate of drug-likeness (QED) is 0.211. The van der Waals surface area contributed by atoms with Crippen LogP contribution >= 0.6 is 28.3 Å². The Morgan fingerprint density at radius 2 is 1.26 bits per heavy atom. The van der Waals surface area contributed by atoms with Crippen molar-refractivity contribution in [2.24, 2.45) is 4.99 Å². The molecule has 0 spiro atoms. The summed E-state index contributed by atoms with van der Waals surface area (Å²) in [7, 11) is 0. The Balaban J connectivity index is 0.00000274. The SMILES string of the molecule is Br.Fc1ccc(N=c2scc(-c3ccc(-c4ccccc4)cc3)n2CCc2ccccc2)cc1. The standard InChI is InChI=1S/C29H23FN2S.BrH/c30-26-15-17-27(18-16-26)31-29-32(20-19-22-7-3-1-4-8-22)28(21-33-29)25-13-11-24(12-14-25)23-9-5-2-6-10-23;/h1-18,21H,19-20H2;1H. The highest BCUT2D eigenvalue weighted by molar-refractivity contribution is 8.93. The van der Waals surface area contributed by atoms with E-state index in [-0.39, 0.29) is 22.8 Å². The second-order valence-electron chi connectivity index (χ2n) is 7.82. The van der Waals surface area contributed by atoms with Crippen molar-refractivity contribution in [2.45, 2.75) is 13.0 Å². The molecule has 5 aromatic rings. The summed E-state index contributed by atoms with van der Waals surface area (Å²) in [5.74, 6) is -0.253. The molecule has 0 saturated heterocycles. The molecule has 0 amide bonds. The number of halogens is 2. The molecule has 0 aliphatic rings. The topological polar surface area (TPSA) is 17.3 Å². The maximum Gasteiger partial charge on any atom is 0.190 e. The van der Waals surface area contributed by atoms with Gasteiger partial charge >= 0.3 is 0 Å². The van der Waals surface area contributed by atoms with E-state index in [0.717, 1.165) is 34.7 Å². The summed E-state index contributed by atoms with van der Waals surface area (Å²) in [5.41, 5.74) is 6.72. The average molecular weight is 531 g/mol. The summed E-state index contributed by atoms with van der Waals surface area (Å²) in [5, 5.41) is 2.16. The summed E-state index contributed by atoms with van der Waals surface area (Å²) >= 11 is 1.61. The highest BCUT2D eigenvalue weighted by Crippen LogP contribution is 2.26. The van der Waals surface area contributed by atoms with Crippen molar-refractivity contribution in [3.63, 3.8) is 0 Å². The number of hydrogen-bond acceptors (Lipinski definition) is 2. The molecule has 170 valence electrons. The van der Waals surface area contributed by atoms with Crippen LogP contribution in [-0.4, -0.2) is 4.57 Å². The summed E-state index contributed by atoms with van der Waals surface area (Å²) in [4.78, 5) is 5.72. The van der Waals surface area contributed by atoms with Crippen molar-refractivity contribution in [1.29, 1.82) is 0 Å². The molecule has 0 atom stereocenters. The summed E-state index contributed by atoms with van der Waals surface area (Å²) < 4.78 is 15.6. The first-order chi connectivity index (χ1) is 16.3. The number of aromatic nitrogens is 1. The lowest BCUT2D eigenvalue weighted by Crippen LogP contribution is -2.17. The van der Waals surface area contributed by atoms with Crippen LogP contribution in [0.3, 0.4) is 0 Å². The van der Waals surface area contributed by atoms with Crippen LogP contribution in [0.1, 0.15) is 5.56 Å². The van der Waals surface area contributed by atoms with Gasteiger partial charge < -0.3 is 4.57 Å². The molecule has 0 fully saturated rings. The van der Waals surface area contributed by atoms with Gasteiger partial charge in [0, 0.05) is 11.9 Å². The molecule has 5 rings (SSSR count). The third-order valence-corrected chi connectivity index (χ3v) is 6.47. The third-order valence-electron chi connectivity index (χ3n) is 5.60. The molecule has 4 aromatic carbocycles. The molecule has 0 aliphatic heterocycles. The Kier molecular flexibility index (Phi) is 7.88. The predicted molar refractivity (Wildman–Crippen MR) is 145 cm³/mol. The second-order valence-corrected chi connectivity index (χ2v) is 8.66. The smallest absolute Gasteiger partial charge is 0.190 e. The average Bonchev–Trinajstić information content (AvgIpc) is 3.27. The van der Waals surface area contributed by atoms with Gasteiger partial charge in [-0.05, 0) is 52.9 Å². The Bertz CT molecular complexity index is 1390. The normalized spacial score (nSPS) is 11.3. The Hall–Kier alpha value is -3.28. The summed E-state index contributed by atoms with van der Waals surface area (Å²) in [6.07, 6.45) is 0.906. The molecule has 0 saturated carbocycles.